The normalized spacial score (nSPS) is 15.4. The lowest BCUT2D eigenvalue weighted by Crippen LogP contribution is -2.25. The molecule has 2 heterocycles. The van der Waals surface area contributed by atoms with Gasteiger partial charge < -0.3 is 5.32 Å². The van der Waals surface area contributed by atoms with Gasteiger partial charge in [0, 0.05) is 22.1 Å². The number of nitrogens with one attached hydrogen (secondary N) is 5. The number of dihydropyridines is 1. The van der Waals surface area contributed by atoms with E-state index in [1.54, 1.807) is 0 Å². The maximum atomic E-state index is 8.93. The summed E-state index contributed by atoms with van der Waals surface area (Å²) in [4.78, 5) is 4.70. The molecule has 1 aliphatic carbocycles. The van der Waals surface area contributed by atoms with Crippen LogP contribution in [-0.4, -0.2) is 25.2 Å². The van der Waals surface area contributed by atoms with Gasteiger partial charge in [0.15, 0.2) is 0 Å². The van der Waals surface area contributed by atoms with Gasteiger partial charge in [-0.3, -0.25) is 21.6 Å². The highest BCUT2D eigenvalue weighted by molar-refractivity contribution is 8.27. The van der Waals surface area contributed by atoms with Crippen LogP contribution >= 0.6 is 23.5 Å². The van der Waals surface area contributed by atoms with Gasteiger partial charge in [-0.25, -0.2) is 4.98 Å². The van der Waals surface area contributed by atoms with Crippen molar-refractivity contribution >= 4 is 43.7 Å². The summed E-state index contributed by atoms with van der Waals surface area (Å²) in [5.74, 6) is 0. The SMILES string of the molecule is CC1(C)c2cc(C(=N)SC(=N)C3=CC=CC(c4ccccc4)N3)ccc2-c2ccc(C(=N)SC(=N)c3cccc(-c4ccccc4)n3)cc21. The Morgan fingerprint density at radius 1 is 0.653 bits per heavy atom. The fourth-order valence-electron chi connectivity index (χ4n) is 6.30. The first-order valence-corrected chi connectivity index (χ1v) is 17.6. The minimum Gasteiger partial charge on any atom is -0.373 e. The van der Waals surface area contributed by atoms with Crippen LogP contribution in [0.4, 0.5) is 0 Å². The predicted octanol–water partition coefficient (Wildman–Crippen LogP) is 9.96. The zero-order chi connectivity index (χ0) is 34.1. The van der Waals surface area contributed by atoms with E-state index in [1.807, 2.05) is 91.0 Å². The molecule has 5 N–H and O–H groups in total. The van der Waals surface area contributed by atoms with Crippen molar-refractivity contribution in [2.24, 2.45) is 0 Å². The Balaban J connectivity index is 1.05. The molecule has 2 aliphatic rings. The second-order valence-corrected chi connectivity index (χ2v) is 14.5. The average Bonchev–Trinajstić information content (AvgIpc) is 3.37. The van der Waals surface area contributed by atoms with Gasteiger partial charge >= 0.3 is 0 Å². The summed E-state index contributed by atoms with van der Waals surface area (Å²) in [5.41, 5.74) is 9.75. The third kappa shape index (κ3) is 6.45. The van der Waals surface area contributed by atoms with Gasteiger partial charge in [0.05, 0.1) is 23.1 Å². The summed E-state index contributed by atoms with van der Waals surface area (Å²) in [6, 6.07) is 37.9. The van der Waals surface area contributed by atoms with Crippen molar-refractivity contribution in [3.05, 3.63) is 173 Å². The topological polar surface area (TPSA) is 120 Å². The minimum atomic E-state index is -0.361. The Morgan fingerprint density at radius 2 is 1.24 bits per heavy atom. The first kappa shape index (κ1) is 32.2. The fourth-order valence-corrected chi connectivity index (χ4v) is 7.66. The van der Waals surface area contributed by atoms with Crippen molar-refractivity contribution in [2.45, 2.75) is 25.3 Å². The van der Waals surface area contributed by atoms with E-state index in [9.17, 15) is 0 Å². The summed E-state index contributed by atoms with van der Waals surface area (Å²) in [6.45, 7) is 4.35. The molecule has 1 unspecified atom stereocenters. The van der Waals surface area contributed by atoms with Gasteiger partial charge in [-0.2, -0.15) is 0 Å². The molecule has 7 rings (SSSR count). The third-order valence-corrected chi connectivity index (χ3v) is 10.7. The molecular formula is C41H34N6S2. The van der Waals surface area contributed by atoms with Crippen LogP contribution in [0.1, 0.15) is 53.4 Å². The molecule has 0 saturated heterocycles. The van der Waals surface area contributed by atoms with E-state index in [-0.39, 0.29) is 16.5 Å². The molecule has 240 valence electrons. The molecule has 6 nitrogen and oxygen atoms in total. The van der Waals surface area contributed by atoms with Crippen molar-refractivity contribution in [2.75, 3.05) is 0 Å². The summed E-state index contributed by atoms with van der Waals surface area (Å²) >= 11 is 2.24. The summed E-state index contributed by atoms with van der Waals surface area (Å²) in [6.07, 6.45) is 5.92. The van der Waals surface area contributed by atoms with E-state index in [4.69, 9.17) is 26.6 Å². The van der Waals surface area contributed by atoms with Gasteiger partial charge in [0.25, 0.3) is 0 Å². The fraction of sp³-hybridized carbons (Fsp3) is 0.0976. The molecule has 49 heavy (non-hydrogen) atoms. The molecule has 0 fully saturated rings. The molecule has 4 aromatic carbocycles. The van der Waals surface area contributed by atoms with Crippen molar-refractivity contribution in [3.63, 3.8) is 0 Å². The number of thioether (sulfide) groups is 2. The van der Waals surface area contributed by atoms with Crippen molar-refractivity contribution in [1.82, 2.24) is 10.3 Å². The van der Waals surface area contributed by atoms with Crippen LogP contribution in [0.3, 0.4) is 0 Å². The first-order chi connectivity index (χ1) is 23.7. The first-order valence-electron chi connectivity index (χ1n) is 15.9. The van der Waals surface area contributed by atoms with E-state index in [1.165, 1.54) is 0 Å². The number of fused-ring (bicyclic) bond motifs is 3. The maximum absolute atomic E-state index is 8.93. The van der Waals surface area contributed by atoms with E-state index in [0.29, 0.717) is 26.5 Å². The number of hydrogen-bond acceptors (Lipinski definition) is 8. The molecule has 0 radical (unpaired) electrons. The van der Waals surface area contributed by atoms with Gasteiger partial charge in [-0.15, -0.1) is 0 Å². The third-order valence-electron chi connectivity index (χ3n) is 8.94. The van der Waals surface area contributed by atoms with Crippen LogP contribution < -0.4 is 5.32 Å². The lowest BCUT2D eigenvalue weighted by molar-refractivity contribution is 0.660. The monoisotopic (exact) mass is 674 g/mol. The molecule has 8 heteroatoms. The molecule has 1 atom stereocenters. The molecular weight excluding hydrogens is 641 g/mol. The van der Waals surface area contributed by atoms with Crippen LogP contribution in [0.25, 0.3) is 22.4 Å². The standard InChI is InChI=1S/C41H34N6S2/c1-41(2)31-23-27(37(42)48-39(44)35-17-9-15-33(46-35)25-11-5-3-6-12-25)19-21-29(31)30-22-20-28(24-32(30)41)38(43)49-40(45)36-18-10-16-34(47-36)26-13-7-4-8-14-26/h3-24,33,42-46H,1-2H3. The number of aromatic nitrogens is 1. The van der Waals surface area contributed by atoms with Crippen molar-refractivity contribution < 1.29 is 0 Å². The largest absolute Gasteiger partial charge is 0.373 e. The molecule has 0 bridgehead atoms. The quantitative estimate of drug-likeness (QED) is 0.0909. The molecule has 0 spiro atoms. The Hall–Kier alpha value is -5.31. The van der Waals surface area contributed by atoms with Crippen LogP contribution in [0.2, 0.25) is 0 Å². The van der Waals surface area contributed by atoms with Crippen LogP contribution in [-0.2, 0) is 5.41 Å². The number of hydrogen-bond donors (Lipinski definition) is 5. The highest BCUT2D eigenvalue weighted by atomic mass is 32.2. The molecule has 5 aromatic rings. The van der Waals surface area contributed by atoms with Crippen molar-refractivity contribution in [1.29, 1.82) is 21.6 Å². The second kappa shape index (κ2) is 13.3. The van der Waals surface area contributed by atoms with Gasteiger partial charge in [-0.05, 0) is 81.7 Å². The Kier molecular flexibility index (Phi) is 8.75. The Bertz CT molecular complexity index is 2200. The summed E-state index contributed by atoms with van der Waals surface area (Å²) < 4.78 is 0. The Labute approximate surface area is 294 Å². The second-order valence-electron chi connectivity index (χ2n) is 12.4. The molecule has 0 saturated carbocycles. The van der Waals surface area contributed by atoms with E-state index in [2.05, 4.69) is 61.6 Å². The summed E-state index contributed by atoms with van der Waals surface area (Å²) in [7, 11) is 0. The summed E-state index contributed by atoms with van der Waals surface area (Å²) in [5, 5.41) is 39.9. The molecule has 0 amide bonds. The number of pyridine rings is 1. The number of benzene rings is 4. The minimum absolute atomic E-state index is 0.0199. The maximum Gasteiger partial charge on any atom is 0.119 e. The number of allylic oxidation sites excluding steroid dienone is 2. The highest BCUT2D eigenvalue weighted by Gasteiger charge is 2.36. The average molecular weight is 675 g/mol. The molecule has 1 aliphatic heterocycles. The number of nitrogens with zero attached hydrogens (tertiary/aromatic N) is 1. The van der Waals surface area contributed by atoms with Gasteiger partial charge in [0.2, 0.25) is 0 Å². The van der Waals surface area contributed by atoms with Crippen LogP contribution in [0, 0.1) is 21.6 Å². The highest BCUT2D eigenvalue weighted by Crippen LogP contribution is 2.49. The predicted molar refractivity (Wildman–Crippen MR) is 207 cm³/mol. The van der Waals surface area contributed by atoms with Crippen molar-refractivity contribution in [3.8, 4) is 22.4 Å². The number of rotatable bonds is 6. The zero-order valence-corrected chi connectivity index (χ0v) is 28.7. The van der Waals surface area contributed by atoms with Gasteiger partial charge in [0.1, 0.15) is 20.2 Å². The zero-order valence-electron chi connectivity index (χ0n) is 27.0. The molecule has 1 aromatic heterocycles. The lowest BCUT2D eigenvalue weighted by Gasteiger charge is -2.23. The lowest BCUT2D eigenvalue weighted by atomic mass is 9.81. The van der Waals surface area contributed by atoms with E-state index < -0.39 is 0 Å². The van der Waals surface area contributed by atoms with Crippen LogP contribution in [0.5, 0.6) is 0 Å². The van der Waals surface area contributed by atoms with E-state index >= 15 is 0 Å². The van der Waals surface area contributed by atoms with Crippen LogP contribution in [0.15, 0.2) is 139 Å². The smallest absolute Gasteiger partial charge is 0.119 e. The van der Waals surface area contributed by atoms with Gasteiger partial charge in [-0.1, -0.05) is 117 Å². The van der Waals surface area contributed by atoms with E-state index in [0.717, 1.165) is 73.7 Å². The Morgan fingerprint density at radius 3 is 1.88 bits per heavy atom.